The molecule has 0 aliphatic carbocycles. The van der Waals surface area contributed by atoms with E-state index in [9.17, 15) is 9.59 Å². The van der Waals surface area contributed by atoms with Crippen molar-refractivity contribution in [2.45, 2.75) is 49.9 Å². The van der Waals surface area contributed by atoms with Crippen LogP contribution in [0.2, 0.25) is 0 Å². The number of benzene rings is 1. The van der Waals surface area contributed by atoms with Gasteiger partial charge in [-0.15, -0.1) is 20.4 Å². The number of aryl methyl sites for hydroxylation is 1. The van der Waals surface area contributed by atoms with Gasteiger partial charge >= 0.3 is 6.03 Å². The van der Waals surface area contributed by atoms with Crippen LogP contribution in [0.1, 0.15) is 31.5 Å². The maximum atomic E-state index is 12.0. The molecular weight excluding hydrogens is 550 g/mol. The Morgan fingerprint density at radius 2 is 1.61 bits per heavy atom. The first-order valence-corrected chi connectivity index (χ1v) is 15.1. The monoisotopic (exact) mass is 589 g/mol. The van der Waals surface area contributed by atoms with Crippen LogP contribution in [0, 0.1) is 6.92 Å². The molecule has 4 rings (SSSR count). The summed E-state index contributed by atoms with van der Waals surface area (Å²) in [5.41, 5.74) is 0.818. The summed E-state index contributed by atoms with van der Waals surface area (Å²) >= 11 is 1.90. The first-order chi connectivity index (χ1) is 20.1. The zero-order valence-electron chi connectivity index (χ0n) is 23.4. The molecule has 3 atom stereocenters. The highest BCUT2D eigenvalue weighted by Crippen LogP contribution is 2.33. The highest BCUT2D eigenvalue weighted by Gasteiger charge is 2.42. The number of unbranched alkanes of at least 4 members (excludes halogenated alkanes) is 1. The molecule has 14 heteroatoms. The third kappa shape index (κ3) is 10.7. The van der Waals surface area contributed by atoms with Crippen LogP contribution in [0.5, 0.6) is 5.75 Å². The van der Waals surface area contributed by atoms with Gasteiger partial charge in [-0.2, -0.15) is 11.8 Å². The van der Waals surface area contributed by atoms with Crippen molar-refractivity contribution in [2.24, 2.45) is 0 Å². The van der Waals surface area contributed by atoms with Crippen molar-refractivity contribution in [3.8, 4) is 17.1 Å². The van der Waals surface area contributed by atoms with Gasteiger partial charge < -0.3 is 34.9 Å². The quantitative estimate of drug-likeness (QED) is 0.161. The molecule has 3 N–H and O–H groups in total. The van der Waals surface area contributed by atoms with E-state index in [4.69, 9.17) is 18.9 Å². The number of hydrogen-bond acceptors (Lipinski definition) is 11. The van der Waals surface area contributed by atoms with Crippen molar-refractivity contribution in [1.29, 1.82) is 0 Å². The van der Waals surface area contributed by atoms with E-state index in [-0.39, 0.29) is 24.0 Å². The summed E-state index contributed by atoms with van der Waals surface area (Å²) in [5, 5.41) is 25.1. The van der Waals surface area contributed by atoms with E-state index in [1.54, 1.807) is 6.92 Å². The number of fused-ring (bicyclic) bond motifs is 1. The van der Waals surface area contributed by atoms with Gasteiger partial charge in [0.15, 0.2) is 5.82 Å². The Labute approximate surface area is 244 Å². The fourth-order valence-corrected chi connectivity index (χ4v) is 6.02. The molecular formula is C27H39N7O6S. The number of urea groups is 1. The smallest absolute Gasteiger partial charge is 0.315 e. The number of nitrogens with one attached hydrogen (secondary N) is 3. The lowest BCUT2D eigenvalue weighted by atomic mass is 10.0. The van der Waals surface area contributed by atoms with Gasteiger partial charge in [0.05, 0.1) is 51.7 Å². The summed E-state index contributed by atoms with van der Waals surface area (Å²) in [6.45, 7) is 5.41. The minimum Gasteiger partial charge on any atom is -0.491 e. The molecule has 1 aromatic carbocycles. The Kier molecular flexibility index (Phi) is 12.8. The molecule has 2 aliphatic heterocycles. The van der Waals surface area contributed by atoms with E-state index < -0.39 is 0 Å². The van der Waals surface area contributed by atoms with Crippen LogP contribution in [-0.2, 0) is 19.0 Å². The molecule has 3 heterocycles. The molecule has 2 aliphatic rings. The second-order valence-electron chi connectivity index (χ2n) is 9.70. The average Bonchev–Trinajstić information content (AvgIpc) is 3.53. The number of carbonyl (C=O) groups excluding carboxylic acids is 2. The lowest BCUT2D eigenvalue weighted by Gasteiger charge is -2.16. The van der Waals surface area contributed by atoms with Crippen LogP contribution in [0.15, 0.2) is 24.3 Å². The molecule has 3 amide bonds. The maximum Gasteiger partial charge on any atom is 0.315 e. The summed E-state index contributed by atoms with van der Waals surface area (Å²) in [4.78, 5) is 23.5. The van der Waals surface area contributed by atoms with E-state index in [1.165, 1.54) is 0 Å². The Hall–Kier alpha value is -3.07. The standard InChI is InChI=1S/C27H39N7O6S/c1-19-31-33-26(34-32-19)20-6-8-21(9-7-20)40-17-16-39-15-14-38-13-12-37-11-10-28-24(35)5-3-2-4-23-25-22(18-41-23)29-27(36)30-25/h6-9,22-23,25H,2-5,10-18H2,1H3,(H,28,35)(H2,29,30,36)/t22-,23?,25-/m1/s1. The van der Waals surface area contributed by atoms with Gasteiger partial charge in [0.25, 0.3) is 0 Å². The number of amides is 3. The van der Waals surface area contributed by atoms with E-state index in [0.717, 1.165) is 36.3 Å². The number of nitrogens with zero attached hydrogens (tertiary/aromatic N) is 4. The first kappa shape index (κ1) is 30.9. The Bertz CT molecular complexity index is 1080. The van der Waals surface area contributed by atoms with Gasteiger partial charge in [-0.25, -0.2) is 4.79 Å². The molecule has 2 fully saturated rings. The molecule has 0 radical (unpaired) electrons. The summed E-state index contributed by atoms with van der Waals surface area (Å²) in [6.07, 6.45) is 3.35. The molecule has 2 saturated heterocycles. The number of carbonyl (C=O) groups is 2. The zero-order valence-corrected chi connectivity index (χ0v) is 24.2. The number of rotatable bonds is 19. The van der Waals surface area contributed by atoms with Gasteiger partial charge in [-0.3, -0.25) is 4.79 Å². The summed E-state index contributed by atoms with van der Waals surface area (Å²) in [7, 11) is 0. The molecule has 0 saturated carbocycles. The molecule has 2 aromatic rings. The SMILES string of the molecule is Cc1nnc(-c2ccc(OCCOCCOCCOCCNC(=O)CCCCC3SC[C@H]4NC(=O)N[C@@H]34)cc2)nn1. The zero-order chi connectivity index (χ0) is 28.7. The molecule has 13 nitrogen and oxygen atoms in total. The van der Waals surface area contributed by atoms with Gasteiger partial charge in [0.1, 0.15) is 12.4 Å². The summed E-state index contributed by atoms with van der Waals surface area (Å²) < 4.78 is 22.2. The summed E-state index contributed by atoms with van der Waals surface area (Å²) in [5.74, 6) is 2.73. The van der Waals surface area contributed by atoms with Crippen LogP contribution in [0.3, 0.4) is 0 Å². The summed E-state index contributed by atoms with van der Waals surface area (Å²) in [6, 6.07) is 7.82. The molecule has 1 aromatic heterocycles. The van der Waals surface area contributed by atoms with Crippen LogP contribution < -0.4 is 20.7 Å². The van der Waals surface area contributed by atoms with Crippen molar-refractivity contribution in [3.63, 3.8) is 0 Å². The Morgan fingerprint density at radius 3 is 2.34 bits per heavy atom. The minimum atomic E-state index is -0.0590. The number of hydrogen-bond donors (Lipinski definition) is 3. The fraction of sp³-hybridized carbons (Fsp3) is 0.630. The average molecular weight is 590 g/mol. The third-order valence-electron chi connectivity index (χ3n) is 6.58. The van der Waals surface area contributed by atoms with Gasteiger partial charge in [-0.05, 0) is 44.0 Å². The van der Waals surface area contributed by atoms with E-state index in [0.29, 0.717) is 76.1 Å². The second-order valence-corrected chi connectivity index (χ2v) is 11.0. The van der Waals surface area contributed by atoms with Crippen LogP contribution in [0.25, 0.3) is 11.4 Å². The predicted octanol–water partition coefficient (Wildman–Crippen LogP) is 1.51. The van der Waals surface area contributed by atoms with Crippen LogP contribution >= 0.6 is 11.8 Å². The maximum absolute atomic E-state index is 12.0. The Balaban J connectivity index is 0.891. The van der Waals surface area contributed by atoms with E-state index in [2.05, 4.69) is 36.3 Å². The van der Waals surface area contributed by atoms with Gasteiger partial charge in [0.2, 0.25) is 11.7 Å². The number of aromatic nitrogens is 4. The van der Waals surface area contributed by atoms with Crippen molar-refractivity contribution in [3.05, 3.63) is 30.1 Å². The van der Waals surface area contributed by atoms with Crippen molar-refractivity contribution >= 4 is 23.7 Å². The lowest BCUT2D eigenvalue weighted by molar-refractivity contribution is -0.121. The highest BCUT2D eigenvalue weighted by atomic mass is 32.2. The number of ether oxygens (including phenoxy) is 4. The molecule has 1 unspecified atom stereocenters. The second kappa shape index (κ2) is 17.0. The normalized spacial score (nSPS) is 19.4. The predicted molar refractivity (Wildman–Crippen MR) is 153 cm³/mol. The van der Waals surface area contributed by atoms with Crippen LogP contribution in [0.4, 0.5) is 4.79 Å². The topological polar surface area (TPSA) is 159 Å². The lowest BCUT2D eigenvalue weighted by Crippen LogP contribution is -2.36. The fourth-order valence-electron chi connectivity index (χ4n) is 4.48. The van der Waals surface area contributed by atoms with Gasteiger partial charge in [-0.1, -0.05) is 6.42 Å². The van der Waals surface area contributed by atoms with E-state index >= 15 is 0 Å². The van der Waals surface area contributed by atoms with Crippen molar-refractivity contribution in [1.82, 2.24) is 36.3 Å². The number of thioether (sulfide) groups is 1. The Morgan fingerprint density at radius 1 is 0.927 bits per heavy atom. The van der Waals surface area contributed by atoms with Crippen LogP contribution in [-0.4, -0.2) is 108 Å². The van der Waals surface area contributed by atoms with Crippen molar-refractivity contribution < 1.29 is 28.5 Å². The molecule has 41 heavy (non-hydrogen) atoms. The molecule has 224 valence electrons. The van der Waals surface area contributed by atoms with E-state index in [1.807, 2.05) is 36.0 Å². The van der Waals surface area contributed by atoms with Crippen molar-refractivity contribution in [2.75, 3.05) is 58.5 Å². The first-order valence-electron chi connectivity index (χ1n) is 14.0. The minimum absolute atomic E-state index is 0.0442. The molecule has 0 bridgehead atoms. The van der Waals surface area contributed by atoms with Gasteiger partial charge in [0, 0.05) is 29.5 Å². The largest absolute Gasteiger partial charge is 0.491 e. The highest BCUT2D eigenvalue weighted by molar-refractivity contribution is 8.00. The molecule has 0 spiro atoms. The third-order valence-corrected chi connectivity index (χ3v) is 8.09.